The predicted molar refractivity (Wildman–Crippen MR) is 53.4 cm³/mol. The Morgan fingerprint density at radius 3 is 2.14 bits per heavy atom. The van der Waals surface area contributed by atoms with E-state index in [4.69, 9.17) is 5.11 Å². The van der Waals surface area contributed by atoms with Gasteiger partial charge in [0.2, 0.25) is 10.0 Å². The minimum atomic E-state index is -3.22. The lowest BCUT2D eigenvalue weighted by molar-refractivity contribution is 0.271. The van der Waals surface area contributed by atoms with Gasteiger partial charge in [0.15, 0.2) is 0 Å². The van der Waals surface area contributed by atoms with Crippen molar-refractivity contribution in [2.24, 2.45) is 0 Å². The number of hydrogen-bond acceptors (Lipinski definition) is 3. The van der Waals surface area contributed by atoms with E-state index in [1.165, 1.54) is 0 Å². The van der Waals surface area contributed by atoms with Crippen molar-refractivity contribution in [1.29, 1.82) is 0 Å². The number of nitrogens with zero attached hydrogens (tertiary/aromatic N) is 1. The average molecular weight is 219 g/mol. The predicted octanol–water partition coefficient (Wildman–Crippen LogP) is 0.327. The van der Waals surface area contributed by atoms with E-state index < -0.39 is 14.8 Å². The van der Waals surface area contributed by atoms with Crippen LogP contribution in [0.3, 0.4) is 0 Å². The summed E-state index contributed by atoms with van der Waals surface area (Å²) >= 11 is 0. The van der Waals surface area contributed by atoms with Crippen molar-refractivity contribution in [3.63, 3.8) is 0 Å². The van der Waals surface area contributed by atoms with Crippen molar-refractivity contribution in [2.45, 2.75) is 36.9 Å². The molecule has 4 nitrogen and oxygen atoms in total. The highest BCUT2D eigenvalue weighted by Crippen LogP contribution is 2.45. The normalized spacial score (nSPS) is 27.5. The Morgan fingerprint density at radius 1 is 1.14 bits per heavy atom. The third-order valence-electron chi connectivity index (χ3n) is 3.30. The van der Waals surface area contributed by atoms with Crippen molar-refractivity contribution >= 4 is 10.0 Å². The highest BCUT2D eigenvalue weighted by molar-refractivity contribution is 7.90. The van der Waals surface area contributed by atoms with Gasteiger partial charge in [-0.3, -0.25) is 0 Å². The molecule has 1 N–H and O–H groups in total. The molecule has 0 bridgehead atoms. The molecule has 0 atom stereocenters. The number of piperidine rings is 1. The molecule has 0 unspecified atom stereocenters. The van der Waals surface area contributed by atoms with Gasteiger partial charge in [0.05, 0.1) is 6.61 Å². The van der Waals surface area contributed by atoms with Crippen LogP contribution >= 0.6 is 0 Å². The van der Waals surface area contributed by atoms with Gasteiger partial charge in [-0.05, 0) is 25.7 Å². The fourth-order valence-electron chi connectivity index (χ4n) is 2.02. The molecule has 0 aromatic carbocycles. The zero-order valence-corrected chi connectivity index (χ0v) is 9.09. The van der Waals surface area contributed by atoms with E-state index in [2.05, 4.69) is 0 Å². The highest BCUT2D eigenvalue weighted by Gasteiger charge is 2.56. The molecule has 2 fully saturated rings. The summed E-state index contributed by atoms with van der Waals surface area (Å²) < 4.78 is 24.9. The first-order valence-electron chi connectivity index (χ1n) is 5.23. The van der Waals surface area contributed by atoms with Crippen LogP contribution in [0.4, 0.5) is 0 Å². The second-order valence-corrected chi connectivity index (χ2v) is 6.64. The summed E-state index contributed by atoms with van der Waals surface area (Å²) in [5, 5.41) is 9.12. The van der Waals surface area contributed by atoms with Crippen molar-refractivity contribution in [3.05, 3.63) is 0 Å². The molecule has 1 saturated heterocycles. The van der Waals surface area contributed by atoms with Crippen LogP contribution in [0.1, 0.15) is 32.1 Å². The van der Waals surface area contributed by atoms with Gasteiger partial charge in [-0.2, -0.15) is 0 Å². The maximum Gasteiger partial charge on any atom is 0.222 e. The maximum absolute atomic E-state index is 12.1. The molecule has 5 heteroatoms. The summed E-state index contributed by atoms with van der Waals surface area (Å²) in [6, 6.07) is 0. The topological polar surface area (TPSA) is 57.6 Å². The van der Waals surface area contributed by atoms with Crippen molar-refractivity contribution in [3.8, 4) is 0 Å². The summed E-state index contributed by atoms with van der Waals surface area (Å²) in [6.45, 7) is 1.07. The van der Waals surface area contributed by atoms with Gasteiger partial charge >= 0.3 is 0 Å². The second kappa shape index (κ2) is 3.47. The van der Waals surface area contributed by atoms with Crippen LogP contribution in [-0.4, -0.2) is 42.3 Å². The van der Waals surface area contributed by atoms with Crippen LogP contribution in [0, 0.1) is 0 Å². The number of aliphatic hydroxyl groups is 1. The summed E-state index contributed by atoms with van der Waals surface area (Å²) in [5.41, 5.74) is 0. The van der Waals surface area contributed by atoms with E-state index >= 15 is 0 Å². The monoisotopic (exact) mass is 219 g/mol. The number of hydrogen-bond donors (Lipinski definition) is 1. The van der Waals surface area contributed by atoms with Crippen molar-refractivity contribution < 1.29 is 13.5 Å². The average Bonchev–Trinajstić information content (AvgIpc) is 3.00. The number of sulfonamides is 1. The molecule has 2 rings (SSSR count). The van der Waals surface area contributed by atoms with Gasteiger partial charge < -0.3 is 5.11 Å². The lowest BCUT2D eigenvalue weighted by atomic mass is 10.2. The standard InChI is InChI=1S/C9H17NO3S/c11-8-9(4-5-9)14(12,13)10-6-2-1-3-7-10/h11H,1-8H2. The Balaban J connectivity index is 2.15. The fraction of sp³-hybridized carbons (Fsp3) is 1.00. The molecule has 2 aliphatic rings. The third-order valence-corrected chi connectivity index (χ3v) is 5.97. The first-order chi connectivity index (χ1) is 6.62. The number of rotatable bonds is 3. The van der Waals surface area contributed by atoms with Gasteiger partial charge in [-0.1, -0.05) is 6.42 Å². The zero-order chi connectivity index (χ0) is 10.2. The molecule has 14 heavy (non-hydrogen) atoms. The van der Waals surface area contributed by atoms with Crippen LogP contribution in [-0.2, 0) is 10.0 Å². The van der Waals surface area contributed by atoms with Gasteiger partial charge in [0.1, 0.15) is 4.75 Å². The summed E-state index contributed by atoms with van der Waals surface area (Å²) in [6.07, 6.45) is 4.30. The van der Waals surface area contributed by atoms with Crippen LogP contribution in [0.25, 0.3) is 0 Å². The quantitative estimate of drug-likeness (QED) is 0.744. The van der Waals surface area contributed by atoms with Gasteiger partial charge in [-0.25, -0.2) is 12.7 Å². The van der Waals surface area contributed by atoms with E-state index in [1.807, 2.05) is 0 Å². The molecule has 0 aromatic rings. The van der Waals surface area contributed by atoms with E-state index in [0.717, 1.165) is 19.3 Å². The van der Waals surface area contributed by atoms with E-state index in [9.17, 15) is 8.42 Å². The maximum atomic E-state index is 12.1. The van der Waals surface area contributed by atoms with Crippen LogP contribution < -0.4 is 0 Å². The third kappa shape index (κ3) is 1.47. The Morgan fingerprint density at radius 2 is 1.71 bits per heavy atom. The van der Waals surface area contributed by atoms with E-state index in [0.29, 0.717) is 25.9 Å². The van der Waals surface area contributed by atoms with Crippen LogP contribution in [0.2, 0.25) is 0 Å². The Hall–Kier alpha value is -0.130. The minimum absolute atomic E-state index is 0.216. The van der Waals surface area contributed by atoms with Crippen LogP contribution in [0.15, 0.2) is 0 Å². The van der Waals surface area contributed by atoms with Gasteiger partial charge in [0.25, 0.3) is 0 Å². The molecule has 1 heterocycles. The second-order valence-electron chi connectivity index (χ2n) is 4.31. The van der Waals surface area contributed by atoms with Gasteiger partial charge in [0, 0.05) is 13.1 Å². The first-order valence-corrected chi connectivity index (χ1v) is 6.67. The van der Waals surface area contributed by atoms with Gasteiger partial charge in [-0.15, -0.1) is 0 Å². The number of aliphatic hydroxyl groups excluding tert-OH is 1. The highest BCUT2D eigenvalue weighted by atomic mass is 32.2. The largest absolute Gasteiger partial charge is 0.395 e. The molecule has 1 saturated carbocycles. The SMILES string of the molecule is O=S(=O)(N1CCCCC1)C1(CO)CC1. The molecule has 0 radical (unpaired) electrons. The summed E-state index contributed by atoms with van der Waals surface area (Å²) in [4.78, 5) is 0. The molecule has 0 aromatic heterocycles. The smallest absolute Gasteiger partial charge is 0.222 e. The van der Waals surface area contributed by atoms with Crippen LogP contribution in [0.5, 0.6) is 0 Å². The lowest BCUT2D eigenvalue weighted by Gasteiger charge is -2.29. The molecular weight excluding hydrogens is 202 g/mol. The first kappa shape index (κ1) is 10.4. The summed E-state index contributed by atoms with van der Waals surface area (Å²) in [7, 11) is -3.22. The Kier molecular flexibility index (Phi) is 2.57. The molecule has 1 aliphatic heterocycles. The van der Waals surface area contributed by atoms with Crippen molar-refractivity contribution in [2.75, 3.05) is 19.7 Å². The Bertz CT molecular complexity index is 302. The van der Waals surface area contributed by atoms with E-state index in [1.54, 1.807) is 4.31 Å². The zero-order valence-electron chi connectivity index (χ0n) is 8.28. The lowest BCUT2D eigenvalue weighted by Crippen LogP contribution is -2.44. The molecule has 0 amide bonds. The summed E-state index contributed by atoms with van der Waals surface area (Å²) in [5.74, 6) is 0. The Labute approximate surface area is 85.0 Å². The van der Waals surface area contributed by atoms with E-state index in [-0.39, 0.29) is 6.61 Å². The molecule has 0 spiro atoms. The van der Waals surface area contributed by atoms with Crippen molar-refractivity contribution in [1.82, 2.24) is 4.31 Å². The fourth-order valence-corrected chi connectivity index (χ4v) is 4.08. The minimum Gasteiger partial charge on any atom is -0.395 e. The molecule has 82 valence electrons. The molecule has 1 aliphatic carbocycles. The molecular formula is C9H17NO3S.